The Hall–Kier alpha value is -3.03. The Balaban J connectivity index is 1.40. The van der Waals surface area contributed by atoms with Gasteiger partial charge in [0.2, 0.25) is 0 Å². The van der Waals surface area contributed by atoms with Crippen LogP contribution in [-0.2, 0) is 13.5 Å². The highest BCUT2D eigenvalue weighted by atomic mass is 35.5. The molecule has 0 aliphatic rings. The fourth-order valence-electron chi connectivity index (χ4n) is 3.23. The number of hydrogen-bond acceptors (Lipinski definition) is 5. The van der Waals surface area contributed by atoms with Crippen molar-refractivity contribution in [1.82, 2.24) is 19.7 Å². The van der Waals surface area contributed by atoms with Crippen molar-refractivity contribution in [3.05, 3.63) is 98.7 Å². The number of benzene rings is 2. The summed E-state index contributed by atoms with van der Waals surface area (Å²) in [7, 11) is 1.85. The molecule has 0 saturated heterocycles. The van der Waals surface area contributed by atoms with E-state index in [2.05, 4.69) is 22.0 Å². The van der Waals surface area contributed by atoms with Gasteiger partial charge in [0.15, 0.2) is 5.16 Å². The zero-order chi connectivity index (χ0) is 22.7. The van der Waals surface area contributed by atoms with Gasteiger partial charge in [0, 0.05) is 41.7 Å². The molecule has 8 heteroatoms. The quantitative estimate of drug-likeness (QED) is 0.279. The van der Waals surface area contributed by atoms with E-state index in [-0.39, 0.29) is 10.8 Å². The first-order chi connectivity index (χ1) is 15.4. The molecule has 1 atom stereocenters. The standard InChI is InChI=1S/C24H23ClN4O2S/c1-15-10-21(8-9-22(15)25)31-20-6-4-18(5-7-20)16(2)32-24-26-13-19(23(30)28-24)11-17-12-27-29(3)14-17/h4-10,12-14,16H,11H2,1-3H3,(H,26,28,30). The van der Waals surface area contributed by atoms with Gasteiger partial charge in [-0.1, -0.05) is 35.5 Å². The summed E-state index contributed by atoms with van der Waals surface area (Å²) in [5, 5.41) is 5.55. The SMILES string of the molecule is Cc1cc(Oc2ccc(C(C)Sc3ncc(Cc4cnn(C)c4)c(=O)[nH]3)cc2)ccc1Cl. The minimum Gasteiger partial charge on any atom is -0.457 e. The molecule has 0 aliphatic carbocycles. The molecule has 4 rings (SSSR count). The second-order valence-electron chi connectivity index (χ2n) is 7.58. The van der Waals surface area contributed by atoms with Gasteiger partial charge in [0.1, 0.15) is 11.5 Å². The van der Waals surface area contributed by atoms with Gasteiger partial charge >= 0.3 is 0 Å². The summed E-state index contributed by atoms with van der Waals surface area (Å²) < 4.78 is 7.63. The Morgan fingerprint density at radius 1 is 1.16 bits per heavy atom. The van der Waals surface area contributed by atoms with Crippen LogP contribution >= 0.6 is 23.4 Å². The zero-order valence-corrected chi connectivity index (χ0v) is 19.6. The summed E-state index contributed by atoms with van der Waals surface area (Å²) in [6, 6.07) is 13.5. The summed E-state index contributed by atoms with van der Waals surface area (Å²) in [5.74, 6) is 1.49. The first kappa shape index (κ1) is 22.2. The molecule has 4 aromatic rings. The highest BCUT2D eigenvalue weighted by Gasteiger charge is 2.12. The minimum absolute atomic E-state index is 0.106. The van der Waals surface area contributed by atoms with Crippen molar-refractivity contribution in [3.63, 3.8) is 0 Å². The number of aryl methyl sites for hydroxylation is 2. The van der Waals surface area contributed by atoms with Gasteiger partial charge in [-0.05, 0) is 60.9 Å². The second-order valence-corrected chi connectivity index (χ2v) is 9.32. The van der Waals surface area contributed by atoms with Crippen molar-refractivity contribution < 1.29 is 4.74 Å². The number of nitrogens with one attached hydrogen (secondary N) is 1. The molecular weight excluding hydrogens is 444 g/mol. The normalized spacial score (nSPS) is 12.0. The molecule has 0 amide bonds. The van der Waals surface area contributed by atoms with Crippen LogP contribution in [0.1, 0.15) is 34.4 Å². The summed E-state index contributed by atoms with van der Waals surface area (Å²) in [4.78, 5) is 19.8. The lowest BCUT2D eigenvalue weighted by molar-refractivity contribution is 0.482. The first-order valence-electron chi connectivity index (χ1n) is 10.1. The highest BCUT2D eigenvalue weighted by molar-refractivity contribution is 7.99. The maximum atomic E-state index is 12.5. The number of rotatable bonds is 7. The molecule has 0 aliphatic heterocycles. The van der Waals surface area contributed by atoms with Crippen molar-refractivity contribution >= 4 is 23.4 Å². The third-order valence-electron chi connectivity index (χ3n) is 5.01. The first-order valence-corrected chi connectivity index (χ1v) is 11.4. The maximum Gasteiger partial charge on any atom is 0.255 e. The predicted molar refractivity (Wildman–Crippen MR) is 128 cm³/mol. The average molecular weight is 467 g/mol. The smallest absolute Gasteiger partial charge is 0.255 e. The van der Waals surface area contributed by atoms with Crippen LogP contribution in [0.2, 0.25) is 5.02 Å². The third kappa shape index (κ3) is 5.41. The molecule has 32 heavy (non-hydrogen) atoms. The Morgan fingerprint density at radius 2 is 1.91 bits per heavy atom. The number of nitrogens with zero attached hydrogens (tertiary/aromatic N) is 3. The number of hydrogen-bond donors (Lipinski definition) is 1. The molecular formula is C24H23ClN4O2S. The Labute approximate surface area is 195 Å². The van der Waals surface area contributed by atoms with Crippen LogP contribution < -0.4 is 10.3 Å². The summed E-state index contributed by atoms with van der Waals surface area (Å²) in [5.41, 5.74) is 3.55. The van der Waals surface area contributed by atoms with Gasteiger partial charge in [-0.15, -0.1) is 0 Å². The Bertz CT molecular complexity index is 1280. The van der Waals surface area contributed by atoms with Gasteiger partial charge in [-0.3, -0.25) is 9.48 Å². The largest absolute Gasteiger partial charge is 0.457 e. The lowest BCUT2D eigenvalue weighted by Gasteiger charge is -2.12. The number of thioether (sulfide) groups is 1. The molecule has 2 aromatic carbocycles. The second kappa shape index (κ2) is 9.63. The van der Waals surface area contributed by atoms with Crippen LogP contribution in [0.3, 0.4) is 0 Å². The number of ether oxygens (including phenoxy) is 1. The van der Waals surface area contributed by atoms with E-state index >= 15 is 0 Å². The molecule has 2 aromatic heterocycles. The highest BCUT2D eigenvalue weighted by Crippen LogP contribution is 2.34. The van der Waals surface area contributed by atoms with E-state index in [0.29, 0.717) is 17.1 Å². The van der Waals surface area contributed by atoms with Crippen molar-refractivity contribution in [2.45, 2.75) is 30.7 Å². The van der Waals surface area contributed by atoms with E-state index in [1.54, 1.807) is 17.1 Å². The van der Waals surface area contributed by atoms with Crippen LogP contribution in [0, 0.1) is 6.92 Å². The molecule has 0 radical (unpaired) electrons. The predicted octanol–water partition coefficient (Wildman–Crippen LogP) is 5.70. The van der Waals surface area contributed by atoms with Crippen LogP contribution in [0.4, 0.5) is 0 Å². The van der Waals surface area contributed by atoms with E-state index in [9.17, 15) is 4.79 Å². The molecule has 0 fully saturated rings. The lowest BCUT2D eigenvalue weighted by atomic mass is 10.1. The molecule has 0 saturated carbocycles. The van der Waals surface area contributed by atoms with Crippen molar-refractivity contribution in [2.75, 3.05) is 0 Å². The Kier molecular flexibility index (Phi) is 6.67. The van der Waals surface area contributed by atoms with Gasteiger partial charge < -0.3 is 9.72 Å². The zero-order valence-electron chi connectivity index (χ0n) is 18.0. The van der Waals surface area contributed by atoms with Crippen molar-refractivity contribution in [2.24, 2.45) is 7.05 Å². The van der Waals surface area contributed by atoms with Gasteiger partial charge in [-0.2, -0.15) is 5.10 Å². The molecule has 0 spiro atoms. The van der Waals surface area contributed by atoms with Crippen LogP contribution in [0.15, 0.2) is 71.0 Å². The monoisotopic (exact) mass is 466 g/mol. The van der Waals surface area contributed by atoms with Crippen molar-refractivity contribution in [3.8, 4) is 11.5 Å². The third-order valence-corrected chi connectivity index (χ3v) is 6.49. The van der Waals surface area contributed by atoms with E-state index in [1.165, 1.54) is 11.8 Å². The van der Waals surface area contributed by atoms with Crippen LogP contribution in [0.25, 0.3) is 0 Å². The number of halogens is 1. The van der Waals surface area contributed by atoms with E-state index < -0.39 is 0 Å². The minimum atomic E-state index is -0.124. The number of H-pyrrole nitrogens is 1. The molecule has 2 heterocycles. The van der Waals surface area contributed by atoms with Crippen LogP contribution in [0.5, 0.6) is 11.5 Å². The van der Waals surface area contributed by atoms with Gasteiger partial charge in [-0.25, -0.2) is 4.98 Å². The van der Waals surface area contributed by atoms with Crippen LogP contribution in [-0.4, -0.2) is 19.7 Å². The lowest BCUT2D eigenvalue weighted by Crippen LogP contribution is -2.14. The molecule has 164 valence electrons. The summed E-state index contributed by atoms with van der Waals surface area (Å²) in [6.07, 6.45) is 5.80. The Morgan fingerprint density at radius 3 is 2.56 bits per heavy atom. The molecule has 1 N–H and O–H groups in total. The average Bonchev–Trinajstić information content (AvgIpc) is 3.18. The van der Waals surface area contributed by atoms with Gasteiger partial charge in [0.05, 0.1) is 6.20 Å². The molecule has 0 bridgehead atoms. The van der Waals surface area contributed by atoms with E-state index in [4.69, 9.17) is 16.3 Å². The molecule has 1 unspecified atom stereocenters. The van der Waals surface area contributed by atoms with E-state index in [1.807, 2.05) is 62.6 Å². The van der Waals surface area contributed by atoms with Gasteiger partial charge in [0.25, 0.3) is 5.56 Å². The fourth-order valence-corrected chi connectivity index (χ4v) is 4.24. The van der Waals surface area contributed by atoms with Crippen molar-refractivity contribution in [1.29, 1.82) is 0 Å². The summed E-state index contributed by atoms with van der Waals surface area (Å²) >= 11 is 7.58. The van der Waals surface area contributed by atoms with E-state index in [0.717, 1.165) is 33.2 Å². The molecule has 6 nitrogen and oxygen atoms in total. The fraction of sp³-hybridized carbons (Fsp3) is 0.208. The topological polar surface area (TPSA) is 72.8 Å². The summed E-state index contributed by atoms with van der Waals surface area (Å²) in [6.45, 7) is 4.02. The number of aromatic nitrogens is 4. The maximum absolute atomic E-state index is 12.5. The number of aromatic amines is 1.